The molecule has 0 atom stereocenters. The van der Waals surface area contributed by atoms with Gasteiger partial charge in [0.15, 0.2) is 4.96 Å². The molecule has 1 saturated heterocycles. The smallest absolute Gasteiger partial charge is 0.258 e. The standard InChI is InChI=1S/C20H22N4OS/c25-19-15-18(21-20-24(19)13-14-26-20)16-23-11-9-22(10-12-23)8-4-7-17-5-2-1-3-6-17/h1-7,13-15H,8-12,16H2/p+2/b7-4+. The van der Waals surface area contributed by atoms with Crippen molar-refractivity contribution in [1.82, 2.24) is 9.38 Å². The van der Waals surface area contributed by atoms with Crippen molar-refractivity contribution in [1.29, 1.82) is 0 Å². The van der Waals surface area contributed by atoms with Crippen LogP contribution in [-0.2, 0) is 6.54 Å². The Bertz CT molecular complexity index is 939. The zero-order valence-corrected chi connectivity index (χ0v) is 15.5. The van der Waals surface area contributed by atoms with Crippen molar-refractivity contribution in [2.75, 3.05) is 32.7 Å². The van der Waals surface area contributed by atoms with Crippen molar-refractivity contribution in [2.45, 2.75) is 6.54 Å². The van der Waals surface area contributed by atoms with E-state index in [1.165, 1.54) is 21.8 Å². The maximum atomic E-state index is 12.1. The highest BCUT2D eigenvalue weighted by Crippen LogP contribution is 2.05. The molecule has 3 heterocycles. The lowest BCUT2D eigenvalue weighted by molar-refractivity contribution is -1.02. The van der Waals surface area contributed by atoms with E-state index in [9.17, 15) is 4.79 Å². The van der Waals surface area contributed by atoms with Gasteiger partial charge in [0.2, 0.25) is 0 Å². The molecule has 134 valence electrons. The predicted octanol–water partition coefficient (Wildman–Crippen LogP) is -0.247. The number of fused-ring (bicyclic) bond motifs is 1. The summed E-state index contributed by atoms with van der Waals surface area (Å²) in [6, 6.07) is 12.1. The van der Waals surface area contributed by atoms with Crippen LogP contribution in [0, 0.1) is 0 Å². The number of nitrogens with one attached hydrogen (secondary N) is 2. The number of thiazole rings is 1. The monoisotopic (exact) mass is 368 g/mol. The molecule has 6 heteroatoms. The topological polar surface area (TPSA) is 43.2 Å². The van der Waals surface area contributed by atoms with Gasteiger partial charge in [-0.15, -0.1) is 11.3 Å². The second kappa shape index (κ2) is 7.95. The van der Waals surface area contributed by atoms with Crippen molar-refractivity contribution in [3.05, 3.63) is 75.7 Å². The minimum absolute atomic E-state index is 0.0287. The number of benzene rings is 1. The van der Waals surface area contributed by atoms with Gasteiger partial charge in [-0.3, -0.25) is 9.20 Å². The number of piperazine rings is 1. The number of hydrogen-bond donors (Lipinski definition) is 2. The molecule has 2 aromatic heterocycles. The molecule has 1 aromatic carbocycles. The van der Waals surface area contributed by atoms with Crippen LogP contribution >= 0.6 is 11.3 Å². The molecule has 1 fully saturated rings. The summed E-state index contributed by atoms with van der Waals surface area (Å²) >= 11 is 1.52. The average Bonchev–Trinajstić information content (AvgIpc) is 3.13. The lowest BCUT2D eigenvalue weighted by Gasteiger charge is -2.28. The molecule has 0 spiro atoms. The van der Waals surface area contributed by atoms with E-state index < -0.39 is 0 Å². The van der Waals surface area contributed by atoms with Gasteiger partial charge in [0.1, 0.15) is 38.4 Å². The van der Waals surface area contributed by atoms with E-state index in [-0.39, 0.29) is 5.56 Å². The van der Waals surface area contributed by atoms with Crippen LogP contribution in [0.3, 0.4) is 0 Å². The van der Waals surface area contributed by atoms with Gasteiger partial charge >= 0.3 is 0 Å². The Morgan fingerprint density at radius 2 is 1.88 bits per heavy atom. The molecule has 0 amide bonds. The molecule has 1 aliphatic rings. The summed E-state index contributed by atoms with van der Waals surface area (Å²) in [4.78, 5) is 20.7. The van der Waals surface area contributed by atoms with Crippen LogP contribution in [0.2, 0.25) is 0 Å². The third-order valence-electron chi connectivity index (χ3n) is 4.97. The van der Waals surface area contributed by atoms with Crippen LogP contribution in [-0.4, -0.2) is 42.1 Å². The average molecular weight is 369 g/mol. The molecule has 2 N–H and O–H groups in total. The fourth-order valence-electron chi connectivity index (χ4n) is 3.50. The third kappa shape index (κ3) is 4.09. The molecular weight excluding hydrogens is 344 g/mol. The van der Waals surface area contributed by atoms with Gasteiger partial charge in [0.05, 0.1) is 6.54 Å². The van der Waals surface area contributed by atoms with Gasteiger partial charge < -0.3 is 9.80 Å². The minimum Gasteiger partial charge on any atom is -0.322 e. The quantitative estimate of drug-likeness (QED) is 0.653. The molecule has 26 heavy (non-hydrogen) atoms. The molecule has 3 aromatic rings. The highest BCUT2D eigenvalue weighted by Gasteiger charge is 2.22. The summed E-state index contributed by atoms with van der Waals surface area (Å²) in [7, 11) is 0. The van der Waals surface area contributed by atoms with Crippen molar-refractivity contribution in [2.24, 2.45) is 0 Å². The molecular formula is C20H24N4OS+2. The highest BCUT2D eigenvalue weighted by atomic mass is 32.1. The van der Waals surface area contributed by atoms with Crippen LogP contribution in [0.15, 0.2) is 58.8 Å². The summed E-state index contributed by atoms with van der Waals surface area (Å²) in [5.74, 6) is 0. The van der Waals surface area contributed by atoms with Gasteiger partial charge in [0, 0.05) is 17.6 Å². The number of hydrogen-bond acceptors (Lipinski definition) is 3. The minimum atomic E-state index is 0.0287. The Morgan fingerprint density at radius 1 is 1.12 bits per heavy atom. The maximum absolute atomic E-state index is 12.1. The van der Waals surface area contributed by atoms with Crippen LogP contribution < -0.4 is 15.4 Å². The van der Waals surface area contributed by atoms with E-state index in [2.05, 4.69) is 41.4 Å². The summed E-state index contributed by atoms with van der Waals surface area (Å²) in [6.07, 6.45) is 6.28. The first-order valence-electron chi connectivity index (χ1n) is 9.12. The van der Waals surface area contributed by atoms with Gasteiger partial charge in [-0.2, -0.15) is 0 Å². The van der Waals surface area contributed by atoms with E-state index in [1.54, 1.807) is 21.6 Å². The van der Waals surface area contributed by atoms with Gasteiger partial charge in [-0.1, -0.05) is 36.4 Å². The summed E-state index contributed by atoms with van der Waals surface area (Å²) in [6.45, 7) is 6.49. The highest BCUT2D eigenvalue weighted by molar-refractivity contribution is 7.15. The molecule has 0 saturated carbocycles. The van der Waals surface area contributed by atoms with Crippen molar-refractivity contribution in [3.63, 3.8) is 0 Å². The van der Waals surface area contributed by atoms with E-state index in [0.717, 1.165) is 49.9 Å². The van der Waals surface area contributed by atoms with E-state index in [0.29, 0.717) is 0 Å². The molecule has 4 rings (SSSR count). The summed E-state index contributed by atoms with van der Waals surface area (Å²) in [5.41, 5.74) is 2.21. The summed E-state index contributed by atoms with van der Waals surface area (Å²) in [5, 5.41) is 1.91. The third-order valence-corrected chi connectivity index (χ3v) is 5.72. The molecule has 0 unspecified atom stereocenters. The predicted molar refractivity (Wildman–Crippen MR) is 105 cm³/mol. The molecule has 0 aliphatic carbocycles. The Hall–Kier alpha value is -2.28. The Labute approximate surface area is 156 Å². The second-order valence-electron chi connectivity index (χ2n) is 6.84. The second-order valence-corrected chi connectivity index (χ2v) is 7.71. The fraction of sp³-hybridized carbons (Fsp3) is 0.300. The SMILES string of the molecule is O=c1cc(C[NH+]2CC[NH+](C/C=C/c3ccccc3)CC2)nc2sccn12. The zero-order chi connectivity index (χ0) is 17.8. The number of rotatable bonds is 5. The van der Waals surface area contributed by atoms with Gasteiger partial charge in [-0.25, -0.2) is 4.98 Å². The van der Waals surface area contributed by atoms with Gasteiger partial charge in [-0.05, 0) is 11.6 Å². The normalized spacial score (nSPS) is 20.8. The van der Waals surface area contributed by atoms with Crippen LogP contribution in [0.1, 0.15) is 11.3 Å². The first-order chi connectivity index (χ1) is 12.8. The van der Waals surface area contributed by atoms with Crippen LogP contribution in [0.5, 0.6) is 0 Å². The molecule has 0 bridgehead atoms. The van der Waals surface area contributed by atoms with Crippen molar-refractivity contribution in [3.8, 4) is 0 Å². The van der Waals surface area contributed by atoms with Crippen LogP contribution in [0.25, 0.3) is 11.0 Å². The molecule has 0 radical (unpaired) electrons. The lowest BCUT2D eigenvalue weighted by atomic mass is 10.2. The Balaban J connectivity index is 1.29. The van der Waals surface area contributed by atoms with E-state index in [4.69, 9.17) is 0 Å². The largest absolute Gasteiger partial charge is 0.322 e. The molecule has 1 aliphatic heterocycles. The number of quaternary nitrogens is 2. The fourth-order valence-corrected chi connectivity index (χ4v) is 4.24. The molecule has 5 nitrogen and oxygen atoms in total. The zero-order valence-electron chi connectivity index (χ0n) is 14.7. The Morgan fingerprint density at radius 3 is 2.69 bits per heavy atom. The number of nitrogens with zero attached hydrogens (tertiary/aromatic N) is 2. The van der Waals surface area contributed by atoms with Gasteiger partial charge in [0.25, 0.3) is 5.56 Å². The summed E-state index contributed by atoms with van der Waals surface area (Å²) < 4.78 is 1.62. The first kappa shape index (κ1) is 17.1. The van der Waals surface area contributed by atoms with Crippen molar-refractivity contribution >= 4 is 22.4 Å². The van der Waals surface area contributed by atoms with E-state index in [1.807, 2.05) is 11.4 Å². The van der Waals surface area contributed by atoms with Crippen molar-refractivity contribution < 1.29 is 9.80 Å². The Kier molecular flexibility index (Phi) is 5.24. The lowest BCUT2D eigenvalue weighted by Crippen LogP contribution is -3.27. The number of aromatic nitrogens is 2. The maximum Gasteiger partial charge on any atom is 0.258 e. The van der Waals surface area contributed by atoms with E-state index >= 15 is 0 Å². The first-order valence-corrected chi connectivity index (χ1v) is 10.0. The van der Waals surface area contributed by atoms with Crippen LogP contribution in [0.4, 0.5) is 0 Å².